The molecule has 1 unspecified atom stereocenters. The maximum absolute atomic E-state index is 14.0. The number of rotatable bonds is 5. The third-order valence-electron chi connectivity index (χ3n) is 3.16. The van der Waals surface area contributed by atoms with Crippen molar-refractivity contribution in [2.75, 3.05) is 0 Å². The second-order valence-corrected chi connectivity index (χ2v) is 5.83. The lowest BCUT2D eigenvalue weighted by Crippen LogP contribution is -2.21. The van der Waals surface area contributed by atoms with Crippen LogP contribution in [-0.4, -0.2) is 6.04 Å². The van der Waals surface area contributed by atoms with Gasteiger partial charge in [0.1, 0.15) is 17.5 Å². The number of hydrogen-bond acceptors (Lipinski definition) is 2. The van der Waals surface area contributed by atoms with Gasteiger partial charge >= 0.3 is 0 Å². The van der Waals surface area contributed by atoms with Gasteiger partial charge in [-0.2, -0.15) is 0 Å². The highest BCUT2D eigenvalue weighted by molar-refractivity contribution is 7.99. The van der Waals surface area contributed by atoms with Crippen LogP contribution in [-0.2, 0) is 6.42 Å². The first-order valence-corrected chi connectivity index (χ1v) is 7.48. The molecule has 2 rings (SSSR count). The fourth-order valence-electron chi connectivity index (χ4n) is 1.92. The number of benzene rings is 2. The topological polar surface area (TPSA) is 26.0 Å². The zero-order chi connectivity index (χ0) is 15.4. The normalized spacial score (nSPS) is 12.4. The van der Waals surface area contributed by atoms with Crippen molar-refractivity contribution in [3.05, 3.63) is 59.4 Å². The molecule has 1 atom stereocenters. The van der Waals surface area contributed by atoms with Gasteiger partial charge in [-0.1, -0.05) is 30.8 Å². The molecule has 2 aromatic carbocycles. The molecule has 21 heavy (non-hydrogen) atoms. The van der Waals surface area contributed by atoms with Crippen molar-refractivity contribution < 1.29 is 13.2 Å². The highest BCUT2D eigenvalue weighted by Gasteiger charge is 2.15. The molecule has 0 saturated carbocycles. The third-order valence-corrected chi connectivity index (χ3v) is 4.35. The molecule has 0 aliphatic carbocycles. The summed E-state index contributed by atoms with van der Waals surface area (Å²) in [6.45, 7) is 1.95. The van der Waals surface area contributed by atoms with Crippen LogP contribution in [0.4, 0.5) is 13.2 Å². The summed E-state index contributed by atoms with van der Waals surface area (Å²) in [4.78, 5) is 0.359. The Morgan fingerprint density at radius 2 is 1.86 bits per heavy atom. The maximum Gasteiger partial charge on any atom is 0.137 e. The first-order valence-electron chi connectivity index (χ1n) is 6.67. The number of hydrogen-bond donors (Lipinski definition) is 1. The van der Waals surface area contributed by atoms with Crippen molar-refractivity contribution >= 4 is 11.8 Å². The van der Waals surface area contributed by atoms with E-state index in [0.29, 0.717) is 16.9 Å². The van der Waals surface area contributed by atoms with Crippen molar-refractivity contribution in [2.24, 2.45) is 5.73 Å². The molecule has 2 N–H and O–H groups in total. The minimum Gasteiger partial charge on any atom is -0.327 e. The molecule has 0 saturated heterocycles. The van der Waals surface area contributed by atoms with E-state index in [0.717, 1.165) is 36.4 Å². The molecule has 0 aliphatic heterocycles. The van der Waals surface area contributed by atoms with Crippen molar-refractivity contribution in [3.8, 4) is 0 Å². The highest BCUT2D eigenvalue weighted by Crippen LogP contribution is 2.35. The SMILES string of the molecule is CCC(N)Cc1cccc(F)c1Sc1cc(F)ccc1F. The summed E-state index contributed by atoms with van der Waals surface area (Å²) in [5.74, 6) is -1.58. The summed E-state index contributed by atoms with van der Waals surface area (Å²) in [6, 6.07) is 7.71. The van der Waals surface area contributed by atoms with E-state index in [2.05, 4.69) is 0 Å². The van der Waals surface area contributed by atoms with Crippen LogP contribution in [0.25, 0.3) is 0 Å². The van der Waals surface area contributed by atoms with E-state index in [1.807, 2.05) is 6.92 Å². The molecule has 0 aromatic heterocycles. The molecule has 0 aliphatic rings. The summed E-state index contributed by atoms with van der Waals surface area (Å²) in [6.07, 6.45) is 1.25. The summed E-state index contributed by atoms with van der Waals surface area (Å²) >= 11 is 0.889. The molecule has 5 heteroatoms. The lowest BCUT2D eigenvalue weighted by molar-refractivity contribution is 0.573. The van der Waals surface area contributed by atoms with Gasteiger partial charge in [0, 0.05) is 6.04 Å². The lowest BCUT2D eigenvalue weighted by atomic mass is 10.0. The van der Waals surface area contributed by atoms with Gasteiger partial charge in [-0.05, 0) is 42.7 Å². The second kappa shape index (κ2) is 7.00. The molecular weight excluding hydrogens is 295 g/mol. The van der Waals surface area contributed by atoms with E-state index in [1.54, 1.807) is 12.1 Å². The van der Waals surface area contributed by atoms with Gasteiger partial charge in [-0.3, -0.25) is 0 Å². The quantitative estimate of drug-likeness (QED) is 0.877. The Kier molecular flexibility index (Phi) is 5.31. The van der Waals surface area contributed by atoms with Crippen molar-refractivity contribution in [2.45, 2.75) is 35.6 Å². The van der Waals surface area contributed by atoms with Crippen LogP contribution in [0, 0.1) is 17.5 Å². The third kappa shape index (κ3) is 4.02. The number of nitrogens with two attached hydrogens (primary N) is 1. The molecule has 112 valence electrons. The molecule has 0 spiro atoms. The van der Waals surface area contributed by atoms with Crippen LogP contribution >= 0.6 is 11.8 Å². The lowest BCUT2D eigenvalue weighted by Gasteiger charge is -2.14. The smallest absolute Gasteiger partial charge is 0.137 e. The van der Waals surface area contributed by atoms with Gasteiger partial charge < -0.3 is 5.73 Å². The van der Waals surface area contributed by atoms with Crippen LogP contribution in [0.5, 0.6) is 0 Å². The Labute approximate surface area is 126 Å². The van der Waals surface area contributed by atoms with Crippen LogP contribution in [0.3, 0.4) is 0 Å². The first kappa shape index (κ1) is 15.9. The van der Waals surface area contributed by atoms with Crippen molar-refractivity contribution in [3.63, 3.8) is 0 Å². The van der Waals surface area contributed by atoms with Crippen molar-refractivity contribution in [1.82, 2.24) is 0 Å². The molecule has 1 nitrogen and oxygen atoms in total. The van der Waals surface area contributed by atoms with Gasteiger partial charge in [0.25, 0.3) is 0 Å². The zero-order valence-corrected chi connectivity index (χ0v) is 12.4. The fraction of sp³-hybridized carbons (Fsp3) is 0.250. The Balaban J connectivity index is 2.36. The predicted molar refractivity (Wildman–Crippen MR) is 78.9 cm³/mol. The molecule has 0 radical (unpaired) electrons. The molecule has 2 aromatic rings. The highest BCUT2D eigenvalue weighted by atomic mass is 32.2. The average molecular weight is 311 g/mol. The second-order valence-electron chi connectivity index (χ2n) is 4.78. The van der Waals surface area contributed by atoms with Crippen LogP contribution in [0.15, 0.2) is 46.2 Å². The van der Waals surface area contributed by atoms with E-state index >= 15 is 0 Å². The molecule has 0 bridgehead atoms. The average Bonchev–Trinajstić information content (AvgIpc) is 2.46. The molecule has 0 amide bonds. The van der Waals surface area contributed by atoms with E-state index < -0.39 is 17.5 Å². The monoisotopic (exact) mass is 311 g/mol. The summed E-state index contributed by atoms with van der Waals surface area (Å²) in [5, 5.41) is 0. The maximum atomic E-state index is 14.0. The van der Waals surface area contributed by atoms with Crippen LogP contribution < -0.4 is 5.73 Å². The van der Waals surface area contributed by atoms with Crippen LogP contribution in [0.2, 0.25) is 0 Å². The molecule has 0 heterocycles. The van der Waals surface area contributed by atoms with E-state index in [4.69, 9.17) is 5.73 Å². The first-order chi connectivity index (χ1) is 10.0. The van der Waals surface area contributed by atoms with Gasteiger partial charge in [0.2, 0.25) is 0 Å². The number of halogens is 3. The minimum atomic E-state index is -0.574. The van der Waals surface area contributed by atoms with E-state index in [1.165, 1.54) is 6.07 Å². The predicted octanol–water partition coefficient (Wildman–Crippen LogP) is 4.53. The van der Waals surface area contributed by atoms with Crippen LogP contribution in [0.1, 0.15) is 18.9 Å². The Hall–Kier alpha value is -1.46. The minimum absolute atomic E-state index is 0.0615. The molecule has 0 fully saturated rings. The standard InChI is InChI=1S/C16H16F3NS/c1-2-12(20)8-10-4-3-5-14(19)16(10)21-15-9-11(17)6-7-13(15)18/h3-7,9,12H,2,8,20H2,1H3. The Morgan fingerprint density at radius 3 is 2.57 bits per heavy atom. The van der Waals surface area contributed by atoms with Crippen molar-refractivity contribution in [1.29, 1.82) is 0 Å². The van der Waals surface area contributed by atoms with Gasteiger partial charge in [0.05, 0.1) is 9.79 Å². The molecular formula is C16H16F3NS. The Morgan fingerprint density at radius 1 is 1.10 bits per heavy atom. The van der Waals surface area contributed by atoms with Gasteiger partial charge in [0.15, 0.2) is 0 Å². The zero-order valence-electron chi connectivity index (χ0n) is 11.6. The Bertz CT molecular complexity index is 631. The van der Waals surface area contributed by atoms with E-state index in [9.17, 15) is 13.2 Å². The summed E-state index contributed by atoms with van der Waals surface area (Å²) < 4.78 is 41.0. The van der Waals surface area contributed by atoms with E-state index in [-0.39, 0.29) is 10.9 Å². The fourth-order valence-corrected chi connectivity index (χ4v) is 2.93. The summed E-state index contributed by atoms with van der Waals surface area (Å²) in [7, 11) is 0. The largest absolute Gasteiger partial charge is 0.327 e. The van der Waals surface area contributed by atoms with Gasteiger partial charge in [-0.15, -0.1) is 0 Å². The van der Waals surface area contributed by atoms with Gasteiger partial charge in [-0.25, -0.2) is 13.2 Å². The summed E-state index contributed by atoms with van der Waals surface area (Å²) in [5.41, 5.74) is 6.61.